The van der Waals surface area contributed by atoms with Crippen molar-refractivity contribution >= 4 is 0 Å². The minimum atomic E-state index is 0.367. The van der Waals surface area contributed by atoms with Gasteiger partial charge in [-0.15, -0.1) is 0 Å². The molecule has 1 aromatic carbocycles. The Kier molecular flexibility index (Phi) is 2.55. The number of hydrogen-bond acceptors (Lipinski definition) is 4. The highest BCUT2D eigenvalue weighted by atomic mass is 16.5. The van der Waals surface area contributed by atoms with Crippen LogP contribution < -0.4 is 0 Å². The summed E-state index contributed by atoms with van der Waals surface area (Å²) >= 11 is 0. The van der Waals surface area contributed by atoms with Gasteiger partial charge >= 0.3 is 0 Å². The molecule has 4 nitrogen and oxygen atoms in total. The van der Waals surface area contributed by atoms with Crippen molar-refractivity contribution in [3.8, 4) is 11.4 Å². The van der Waals surface area contributed by atoms with Crippen LogP contribution in [0.1, 0.15) is 5.89 Å². The predicted octanol–water partition coefficient (Wildman–Crippen LogP) is 1.89. The fourth-order valence-corrected chi connectivity index (χ4v) is 1.09. The van der Waals surface area contributed by atoms with Gasteiger partial charge in [-0.3, -0.25) is 0 Å². The first-order valence-corrected chi connectivity index (χ1v) is 4.15. The summed E-state index contributed by atoms with van der Waals surface area (Å²) in [4.78, 5) is 4.11. The Hall–Kier alpha value is -1.68. The van der Waals surface area contributed by atoms with Crippen molar-refractivity contribution in [2.24, 2.45) is 0 Å². The molecular weight excluding hydrogens is 180 g/mol. The van der Waals surface area contributed by atoms with Crippen LogP contribution in [0, 0.1) is 6.61 Å². The zero-order valence-corrected chi connectivity index (χ0v) is 7.68. The molecule has 0 aliphatic carbocycles. The van der Waals surface area contributed by atoms with Gasteiger partial charge in [-0.25, -0.2) is 0 Å². The van der Waals surface area contributed by atoms with Gasteiger partial charge in [0.1, 0.15) is 0 Å². The van der Waals surface area contributed by atoms with Crippen LogP contribution >= 0.6 is 0 Å². The maximum atomic E-state index is 4.92. The van der Waals surface area contributed by atoms with Gasteiger partial charge < -0.3 is 9.26 Å². The predicted molar refractivity (Wildman–Crippen MR) is 50.1 cm³/mol. The summed E-state index contributed by atoms with van der Waals surface area (Å²) < 4.78 is 9.67. The van der Waals surface area contributed by atoms with Crippen LogP contribution in [0.15, 0.2) is 34.9 Å². The molecule has 2 aromatic rings. The average Bonchev–Trinajstić information content (AvgIpc) is 2.68. The lowest BCUT2D eigenvalue weighted by atomic mass is 10.2. The molecule has 0 aliphatic heterocycles. The smallest absolute Gasteiger partial charge is 0.259 e. The monoisotopic (exact) mass is 189 g/mol. The summed E-state index contributed by atoms with van der Waals surface area (Å²) in [6.45, 7) is 1.40. The minimum Gasteiger partial charge on any atom is -0.368 e. The van der Waals surface area contributed by atoms with E-state index < -0.39 is 0 Å². The summed E-state index contributed by atoms with van der Waals surface area (Å²) in [6.07, 6.45) is 0. The molecule has 71 valence electrons. The fraction of sp³-hybridized carbons (Fsp3) is 0.100. The van der Waals surface area contributed by atoms with E-state index in [2.05, 4.69) is 10.1 Å². The second-order valence-corrected chi connectivity index (χ2v) is 2.68. The van der Waals surface area contributed by atoms with E-state index in [0.717, 1.165) is 5.56 Å². The van der Waals surface area contributed by atoms with Gasteiger partial charge in [0, 0.05) is 12.7 Å². The lowest BCUT2D eigenvalue weighted by molar-refractivity contribution is 0.255. The first-order chi connectivity index (χ1) is 6.90. The summed E-state index contributed by atoms with van der Waals surface area (Å²) in [7, 11) is 1.53. The van der Waals surface area contributed by atoms with E-state index in [9.17, 15) is 0 Å². The molecular formula is C10H9N2O2. The molecule has 2 rings (SSSR count). The van der Waals surface area contributed by atoms with Crippen LogP contribution in [0.3, 0.4) is 0 Å². The Bertz CT molecular complexity index is 398. The van der Waals surface area contributed by atoms with Crippen molar-refractivity contribution in [1.29, 1.82) is 0 Å². The van der Waals surface area contributed by atoms with Crippen LogP contribution in [0.25, 0.3) is 11.4 Å². The van der Waals surface area contributed by atoms with Crippen LogP contribution in [-0.2, 0) is 4.74 Å². The van der Waals surface area contributed by atoms with E-state index in [1.165, 1.54) is 13.7 Å². The zero-order chi connectivity index (χ0) is 9.80. The zero-order valence-electron chi connectivity index (χ0n) is 7.68. The van der Waals surface area contributed by atoms with Crippen molar-refractivity contribution in [2.45, 2.75) is 0 Å². The number of aromatic nitrogens is 2. The molecule has 0 bridgehead atoms. The molecule has 0 fully saturated rings. The first-order valence-electron chi connectivity index (χ1n) is 4.15. The number of rotatable bonds is 3. The van der Waals surface area contributed by atoms with E-state index in [-0.39, 0.29) is 0 Å². The van der Waals surface area contributed by atoms with Gasteiger partial charge in [0.05, 0.1) is 0 Å². The highest BCUT2D eigenvalue weighted by Gasteiger charge is 2.07. The second-order valence-electron chi connectivity index (χ2n) is 2.68. The Balaban J connectivity index is 2.25. The van der Waals surface area contributed by atoms with Crippen molar-refractivity contribution in [1.82, 2.24) is 10.1 Å². The summed E-state index contributed by atoms with van der Waals surface area (Å²) in [5.74, 6) is 0.931. The SMILES string of the molecule is CO[CH]c1nc(-c2ccccc2)no1. The van der Waals surface area contributed by atoms with Crippen molar-refractivity contribution in [3.05, 3.63) is 42.8 Å². The molecule has 0 amide bonds. The highest BCUT2D eigenvalue weighted by Crippen LogP contribution is 2.15. The molecule has 0 spiro atoms. The van der Waals surface area contributed by atoms with E-state index in [4.69, 9.17) is 9.26 Å². The Morgan fingerprint density at radius 3 is 2.79 bits per heavy atom. The molecule has 0 saturated heterocycles. The van der Waals surface area contributed by atoms with Gasteiger partial charge in [0.2, 0.25) is 5.82 Å². The number of methoxy groups -OCH3 is 1. The van der Waals surface area contributed by atoms with Crippen LogP contribution in [0.4, 0.5) is 0 Å². The van der Waals surface area contributed by atoms with Crippen LogP contribution in [0.2, 0.25) is 0 Å². The number of hydrogen-bond donors (Lipinski definition) is 0. The van der Waals surface area contributed by atoms with E-state index >= 15 is 0 Å². The Morgan fingerprint density at radius 2 is 2.07 bits per heavy atom. The molecule has 0 N–H and O–H groups in total. The standard InChI is InChI=1S/C10H9N2O2/c1-13-7-9-11-10(12-14-9)8-5-3-2-4-6-8/h2-7H,1H3. The topological polar surface area (TPSA) is 48.2 Å². The number of ether oxygens (including phenoxy) is 1. The minimum absolute atomic E-state index is 0.367. The molecule has 0 atom stereocenters. The van der Waals surface area contributed by atoms with Gasteiger partial charge in [0.15, 0.2) is 6.61 Å². The summed E-state index contributed by atoms with van der Waals surface area (Å²) in [6, 6.07) is 9.62. The normalized spacial score (nSPS) is 10.4. The van der Waals surface area contributed by atoms with Gasteiger partial charge in [-0.1, -0.05) is 35.5 Å². The second kappa shape index (κ2) is 4.02. The van der Waals surface area contributed by atoms with Gasteiger partial charge in [-0.05, 0) is 0 Å². The third-order valence-electron chi connectivity index (χ3n) is 1.69. The van der Waals surface area contributed by atoms with E-state index in [0.29, 0.717) is 11.7 Å². The maximum absolute atomic E-state index is 4.92. The first kappa shape index (κ1) is 8.90. The molecule has 1 heterocycles. The van der Waals surface area contributed by atoms with Crippen molar-refractivity contribution < 1.29 is 9.26 Å². The molecule has 1 aromatic heterocycles. The van der Waals surface area contributed by atoms with Crippen LogP contribution in [-0.4, -0.2) is 17.3 Å². The highest BCUT2D eigenvalue weighted by molar-refractivity contribution is 5.53. The molecule has 0 saturated carbocycles. The van der Waals surface area contributed by atoms with Crippen molar-refractivity contribution in [2.75, 3.05) is 7.11 Å². The number of benzene rings is 1. The third kappa shape index (κ3) is 1.80. The summed E-state index contributed by atoms with van der Waals surface area (Å²) in [5.41, 5.74) is 0.923. The van der Waals surface area contributed by atoms with Crippen LogP contribution in [0.5, 0.6) is 0 Å². The third-order valence-corrected chi connectivity index (χ3v) is 1.69. The molecule has 1 radical (unpaired) electrons. The largest absolute Gasteiger partial charge is 0.368 e. The molecule has 0 unspecified atom stereocenters. The Labute approximate surface area is 81.5 Å². The molecule has 14 heavy (non-hydrogen) atoms. The number of nitrogens with zero attached hydrogens (tertiary/aromatic N) is 2. The average molecular weight is 189 g/mol. The van der Waals surface area contributed by atoms with E-state index in [1.54, 1.807) is 0 Å². The Morgan fingerprint density at radius 1 is 1.29 bits per heavy atom. The van der Waals surface area contributed by atoms with Crippen molar-refractivity contribution in [3.63, 3.8) is 0 Å². The fourth-order valence-electron chi connectivity index (χ4n) is 1.09. The molecule has 4 heteroatoms. The quantitative estimate of drug-likeness (QED) is 0.739. The summed E-state index contributed by atoms with van der Waals surface area (Å²) in [5, 5.41) is 3.81. The lowest BCUT2D eigenvalue weighted by Gasteiger charge is -1.90. The lowest BCUT2D eigenvalue weighted by Crippen LogP contribution is -1.84. The maximum Gasteiger partial charge on any atom is 0.259 e. The molecule has 0 aliphatic rings. The van der Waals surface area contributed by atoms with E-state index in [1.807, 2.05) is 30.3 Å². The van der Waals surface area contributed by atoms with Gasteiger partial charge in [0.25, 0.3) is 5.89 Å². The van der Waals surface area contributed by atoms with Gasteiger partial charge in [-0.2, -0.15) is 4.98 Å².